The van der Waals surface area contributed by atoms with Gasteiger partial charge in [-0.25, -0.2) is 4.98 Å². The molecule has 34 heavy (non-hydrogen) atoms. The minimum Gasteiger partial charge on any atom is -0.302 e. The van der Waals surface area contributed by atoms with Crippen LogP contribution in [0.3, 0.4) is 0 Å². The van der Waals surface area contributed by atoms with Crippen LogP contribution in [0.5, 0.6) is 0 Å². The number of anilines is 1. The molecule has 3 aromatic rings. The third-order valence-corrected chi connectivity index (χ3v) is 7.57. The van der Waals surface area contributed by atoms with Gasteiger partial charge in [-0.2, -0.15) is 0 Å². The van der Waals surface area contributed by atoms with E-state index in [1.807, 2.05) is 66.7 Å². The molecule has 0 atom stereocenters. The van der Waals surface area contributed by atoms with Crippen LogP contribution in [0.1, 0.15) is 22.4 Å². The summed E-state index contributed by atoms with van der Waals surface area (Å²) in [6.07, 6.45) is 8.01. The maximum absolute atomic E-state index is 12.7. The Morgan fingerprint density at radius 1 is 1.15 bits per heavy atom. The first kappa shape index (κ1) is 24.3. The number of carbonyl (C=O) groups is 2. The van der Waals surface area contributed by atoms with Crippen LogP contribution in [-0.2, 0) is 16.0 Å². The summed E-state index contributed by atoms with van der Waals surface area (Å²) in [6, 6.07) is 17.5. The van der Waals surface area contributed by atoms with E-state index in [0.717, 1.165) is 16.0 Å². The van der Waals surface area contributed by atoms with Crippen molar-refractivity contribution in [2.24, 2.45) is 0 Å². The zero-order chi connectivity index (χ0) is 23.9. The molecule has 2 amide bonds. The van der Waals surface area contributed by atoms with Crippen molar-refractivity contribution in [1.82, 2.24) is 9.88 Å². The van der Waals surface area contributed by atoms with Crippen molar-refractivity contribution in [3.05, 3.63) is 98.9 Å². The van der Waals surface area contributed by atoms with Crippen LogP contribution < -0.4 is 5.32 Å². The van der Waals surface area contributed by atoms with Crippen LogP contribution in [-0.4, -0.2) is 32.6 Å². The van der Waals surface area contributed by atoms with E-state index in [9.17, 15) is 9.59 Å². The van der Waals surface area contributed by atoms with Gasteiger partial charge in [0.05, 0.1) is 4.91 Å². The van der Waals surface area contributed by atoms with Gasteiger partial charge in [0.2, 0.25) is 5.91 Å². The molecule has 1 fully saturated rings. The molecule has 2 aromatic carbocycles. The van der Waals surface area contributed by atoms with Gasteiger partial charge in [0, 0.05) is 35.5 Å². The molecule has 0 radical (unpaired) electrons. The Hall–Kier alpha value is -2.78. The molecule has 5 nitrogen and oxygen atoms in total. The molecule has 2 heterocycles. The number of benzene rings is 2. The van der Waals surface area contributed by atoms with Gasteiger partial charge in [-0.05, 0) is 23.3 Å². The Morgan fingerprint density at radius 3 is 2.71 bits per heavy atom. The first-order chi connectivity index (χ1) is 16.5. The summed E-state index contributed by atoms with van der Waals surface area (Å²) < 4.78 is 0.452. The van der Waals surface area contributed by atoms with E-state index < -0.39 is 0 Å². The molecule has 9 heteroatoms. The molecule has 0 unspecified atom stereocenters. The van der Waals surface area contributed by atoms with E-state index in [1.54, 1.807) is 12.3 Å². The molecule has 1 saturated heterocycles. The van der Waals surface area contributed by atoms with Crippen molar-refractivity contribution < 1.29 is 9.59 Å². The third-order valence-electron chi connectivity index (χ3n) is 4.89. The van der Waals surface area contributed by atoms with Crippen molar-refractivity contribution in [1.29, 1.82) is 0 Å². The molecule has 172 valence electrons. The lowest BCUT2D eigenvalue weighted by Crippen LogP contribution is -2.31. The fourth-order valence-electron chi connectivity index (χ4n) is 3.19. The number of amides is 2. The molecular weight excluding hydrogens is 506 g/mol. The number of aromatic nitrogens is 1. The number of carbonyl (C=O) groups excluding carboxylic acids is 2. The fraction of sp³-hybridized carbons (Fsp3) is 0.120. The minimum atomic E-state index is -0.222. The van der Waals surface area contributed by atoms with E-state index >= 15 is 0 Å². The molecule has 0 spiro atoms. The van der Waals surface area contributed by atoms with Crippen LogP contribution >= 0.6 is 46.9 Å². The summed E-state index contributed by atoms with van der Waals surface area (Å²) in [5.74, 6) is -0.405. The summed E-state index contributed by atoms with van der Waals surface area (Å²) in [7, 11) is 0. The lowest BCUT2D eigenvalue weighted by Gasteiger charge is -2.13. The highest BCUT2D eigenvalue weighted by atomic mass is 35.5. The number of hydrogen-bond acceptors (Lipinski definition) is 6. The maximum Gasteiger partial charge on any atom is 0.266 e. The normalized spacial score (nSPS) is 15.0. The Balaban J connectivity index is 1.28. The molecule has 0 saturated carbocycles. The molecule has 1 aliphatic heterocycles. The lowest BCUT2D eigenvalue weighted by atomic mass is 10.1. The van der Waals surface area contributed by atoms with Gasteiger partial charge < -0.3 is 5.32 Å². The van der Waals surface area contributed by atoms with Gasteiger partial charge in [-0.15, -0.1) is 11.3 Å². The summed E-state index contributed by atoms with van der Waals surface area (Å²) in [5.41, 5.74) is 2.05. The predicted octanol–water partition coefficient (Wildman–Crippen LogP) is 6.17. The Kier molecular flexibility index (Phi) is 8.29. The van der Waals surface area contributed by atoms with Crippen molar-refractivity contribution in [2.75, 3.05) is 11.9 Å². The van der Waals surface area contributed by atoms with Gasteiger partial charge >= 0.3 is 0 Å². The minimum absolute atomic E-state index is 0.124. The molecule has 4 rings (SSSR count). The van der Waals surface area contributed by atoms with Crippen molar-refractivity contribution in [3.63, 3.8) is 0 Å². The molecule has 1 aromatic heterocycles. The summed E-state index contributed by atoms with van der Waals surface area (Å²) >= 11 is 14.2. The van der Waals surface area contributed by atoms with Crippen LogP contribution in [0.4, 0.5) is 5.13 Å². The quantitative estimate of drug-likeness (QED) is 0.281. The monoisotopic (exact) mass is 525 g/mol. The number of nitrogens with one attached hydrogen (secondary N) is 1. The number of allylic oxidation sites excluding steroid dienone is 2. The SMILES string of the molecule is O=C(CCN1C(=O)/C(=C/C=C/c2ccccc2)SC1=S)Nc1ncc(Cc2ccccc2Cl)s1. The molecule has 0 bridgehead atoms. The van der Waals surface area contributed by atoms with Gasteiger partial charge in [0.25, 0.3) is 5.91 Å². The molecule has 1 aliphatic rings. The number of nitrogens with zero attached hydrogens (tertiary/aromatic N) is 2. The lowest BCUT2D eigenvalue weighted by molar-refractivity contribution is -0.122. The first-order valence-electron chi connectivity index (χ1n) is 10.4. The van der Waals surface area contributed by atoms with E-state index in [4.69, 9.17) is 23.8 Å². The number of thiazole rings is 1. The molecule has 0 aliphatic carbocycles. The molecular formula is C25H20ClN3O2S3. The zero-order valence-corrected chi connectivity index (χ0v) is 21.1. The average molecular weight is 526 g/mol. The highest BCUT2D eigenvalue weighted by Crippen LogP contribution is 2.31. The highest BCUT2D eigenvalue weighted by Gasteiger charge is 2.31. The highest BCUT2D eigenvalue weighted by molar-refractivity contribution is 8.26. The largest absolute Gasteiger partial charge is 0.302 e. The van der Waals surface area contributed by atoms with Gasteiger partial charge in [0.1, 0.15) is 4.32 Å². The third kappa shape index (κ3) is 6.42. The topological polar surface area (TPSA) is 62.3 Å². The van der Waals surface area contributed by atoms with Gasteiger partial charge in [-0.3, -0.25) is 14.5 Å². The number of hydrogen-bond donors (Lipinski definition) is 1. The Labute approximate surface area is 216 Å². The second-order valence-corrected chi connectivity index (χ2v) is 10.5. The average Bonchev–Trinajstić information content (AvgIpc) is 3.38. The second kappa shape index (κ2) is 11.6. The predicted molar refractivity (Wildman–Crippen MR) is 145 cm³/mol. The Morgan fingerprint density at radius 2 is 1.91 bits per heavy atom. The van der Waals surface area contributed by atoms with E-state index in [0.29, 0.717) is 25.8 Å². The van der Waals surface area contributed by atoms with Crippen molar-refractivity contribution in [2.45, 2.75) is 12.8 Å². The number of rotatable bonds is 8. The van der Waals surface area contributed by atoms with Gasteiger partial charge in [0.15, 0.2) is 5.13 Å². The number of thioether (sulfide) groups is 1. The van der Waals surface area contributed by atoms with Crippen LogP contribution in [0.2, 0.25) is 5.02 Å². The van der Waals surface area contributed by atoms with Crippen LogP contribution in [0, 0.1) is 0 Å². The summed E-state index contributed by atoms with van der Waals surface area (Å²) in [5, 5.41) is 4.02. The zero-order valence-electron chi connectivity index (χ0n) is 17.9. The van der Waals surface area contributed by atoms with Crippen LogP contribution in [0.25, 0.3) is 6.08 Å². The van der Waals surface area contributed by atoms with E-state index in [2.05, 4.69) is 10.3 Å². The van der Waals surface area contributed by atoms with Crippen LogP contribution in [0.15, 0.2) is 77.9 Å². The fourth-order valence-corrected chi connectivity index (χ4v) is 5.50. The molecule has 1 N–H and O–H groups in total. The maximum atomic E-state index is 12.7. The van der Waals surface area contributed by atoms with Gasteiger partial charge in [-0.1, -0.05) is 96.3 Å². The van der Waals surface area contributed by atoms with Crippen molar-refractivity contribution in [3.8, 4) is 0 Å². The number of thiocarbonyl (C=S) groups is 1. The second-order valence-electron chi connectivity index (χ2n) is 7.32. The number of halogens is 1. The Bertz CT molecular complexity index is 1270. The standard InChI is InChI=1S/C25H20ClN3O2S3/c26-20-11-5-4-10-18(20)15-19-16-27-24(33-19)28-22(30)13-14-29-23(31)21(34-25(29)32)12-6-9-17-7-2-1-3-8-17/h1-12,16H,13-15H2,(H,27,28,30)/b9-6+,21-12-. The first-order valence-corrected chi connectivity index (χ1v) is 12.9. The van der Waals surface area contributed by atoms with Crippen molar-refractivity contribution >= 4 is 74.3 Å². The smallest absolute Gasteiger partial charge is 0.266 e. The summed E-state index contributed by atoms with van der Waals surface area (Å²) in [4.78, 5) is 32.4. The van der Waals surface area contributed by atoms with E-state index in [1.165, 1.54) is 28.0 Å². The summed E-state index contributed by atoms with van der Waals surface area (Å²) in [6.45, 7) is 0.216. The van der Waals surface area contributed by atoms with E-state index in [-0.39, 0.29) is 24.8 Å².